The third-order valence-electron chi connectivity index (χ3n) is 5.31. The molecule has 2 aliphatic carbocycles. The highest BCUT2D eigenvalue weighted by molar-refractivity contribution is 5.83. The van der Waals surface area contributed by atoms with E-state index in [2.05, 4.69) is 19.2 Å². The quantitative estimate of drug-likeness (QED) is 0.776. The van der Waals surface area contributed by atoms with Crippen LogP contribution in [0.25, 0.3) is 0 Å². The number of carbonyl (C=O) groups excluding carboxylic acids is 1. The third-order valence-corrected chi connectivity index (χ3v) is 5.31. The normalized spacial score (nSPS) is 24.2. The van der Waals surface area contributed by atoms with Crippen LogP contribution in [0.4, 0.5) is 0 Å². The molecule has 0 aromatic carbocycles. The smallest absolute Gasteiger partial charge is 0.227 e. The van der Waals surface area contributed by atoms with E-state index in [1.165, 1.54) is 32.1 Å². The minimum atomic E-state index is -0.225. The molecule has 0 saturated heterocycles. The van der Waals surface area contributed by atoms with Crippen molar-refractivity contribution in [2.24, 2.45) is 22.5 Å². The molecule has 1 amide bonds. The Kier molecular flexibility index (Phi) is 4.54. The minimum absolute atomic E-state index is 0.219. The van der Waals surface area contributed by atoms with Gasteiger partial charge in [0.2, 0.25) is 5.91 Å². The first-order valence-electron chi connectivity index (χ1n) is 8.00. The highest BCUT2D eigenvalue weighted by atomic mass is 16.2. The molecule has 0 atom stereocenters. The van der Waals surface area contributed by atoms with Crippen molar-refractivity contribution < 1.29 is 4.79 Å². The van der Waals surface area contributed by atoms with Gasteiger partial charge in [-0.15, -0.1) is 0 Å². The summed E-state index contributed by atoms with van der Waals surface area (Å²) in [6.45, 7) is 5.95. The van der Waals surface area contributed by atoms with Crippen LogP contribution in [0.3, 0.4) is 0 Å². The fourth-order valence-electron chi connectivity index (χ4n) is 4.03. The monoisotopic (exact) mass is 266 g/mol. The van der Waals surface area contributed by atoms with Gasteiger partial charge in [-0.1, -0.05) is 33.1 Å². The van der Waals surface area contributed by atoms with Gasteiger partial charge in [-0.05, 0) is 43.4 Å². The van der Waals surface area contributed by atoms with E-state index >= 15 is 0 Å². The number of carbonyl (C=O) groups is 1. The summed E-state index contributed by atoms with van der Waals surface area (Å²) in [5.41, 5.74) is 5.95. The standard InChI is InChI=1S/C16H30N2O/c1-13(2)10-15(6-3-4-7-15)12-18-14(19)16(11-17)8-5-9-16/h13H,3-12,17H2,1-2H3,(H,18,19). The lowest BCUT2D eigenvalue weighted by Crippen LogP contribution is -2.52. The summed E-state index contributed by atoms with van der Waals surface area (Å²) in [5, 5.41) is 3.25. The van der Waals surface area contributed by atoms with Crippen molar-refractivity contribution in [1.29, 1.82) is 0 Å². The third kappa shape index (κ3) is 3.13. The molecule has 0 radical (unpaired) electrons. The Morgan fingerprint density at radius 3 is 2.21 bits per heavy atom. The number of nitrogens with one attached hydrogen (secondary N) is 1. The molecule has 0 spiro atoms. The molecule has 0 aliphatic heterocycles. The van der Waals surface area contributed by atoms with Gasteiger partial charge in [0.15, 0.2) is 0 Å². The van der Waals surface area contributed by atoms with Crippen LogP contribution in [-0.4, -0.2) is 19.0 Å². The predicted molar refractivity (Wildman–Crippen MR) is 78.7 cm³/mol. The van der Waals surface area contributed by atoms with Crippen LogP contribution in [0.5, 0.6) is 0 Å². The van der Waals surface area contributed by atoms with Gasteiger partial charge in [-0.25, -0.2) is 0 Å². The molecule has 2 fully saturated rings. The second-order valence-corrected chi connectivity index (χ2v) is 7.33. The molecular weight excluding hydrogens is 236 g/mol. The van der Waals surface area contributed by atoms with Gasteiger partial charge in [0.25, 0.3) is 0 Å². The lowest BCUT2D eigenvalue weighted by atomic mass is 9.68. The summed E-state index contributed by atoms with van der Waals surface area (Å²) >= 11 is 0. The number of hydrogen-bond acceptors (Lipinski definition) is 2. The van der Waals surface area contributed by atoms with E-state index in [1.807, 2.05) is 0 Å². The SMILES string of the molecule is CC(C)CC1(CNC(=O)C2(CN)CCC2)CCCC1. The van der Waals surface area contributed by atoms with Crippen LogP contribution < -0.4 is 11.1 Å². The minimum Gasteiger partial charge on any atom is -0.355 e. The Morgan fingerprint density at radius 2 is 1.79 bits per heavy atom. The summed E-state index contributed by atoms with van der Waals surface area (Å²) in [6.07, 6.45) is 9.56. The van der Waals surface area contributed by atoms with Crippen molar-refractivity contribution in [3.8, 4) is 0 Å². The molecule has 3 nitrogen and oxygen atoms in total. The average Bonchev–Trinajstić information content (AvgIpc) is 2.74. The van der Waals surface area contributed by atoms with E-state index in [0.29, 0.717) is 17.9 Å². The van der Waals surface area contributed by atoms with Gasteiger partial charge < -0.3 is 11.1 Å². The van der Waals surface area contributed by atoms with Crippen molar-refractivity contribution in [1.82, 2.24) is 5.32 Å². The van der Waals surface area contributed by atoms with Crippen LogP contribution >= 0.6 is 0 Å². The molecule has 0 aromatic heterocycles. The lowest BCUT2D eigenvalue weighted by molar-refractivity contribution is -0.135. The van der Waals surface area contributed by atoms with Crippen molar-refractivity contribution in [3.05, 3.63) is 0 Å². The molecule has 19 heavy (non-hydrogen) atoms. The summed E-state index contributed by atoms with van der Waals surface area (Å²) in [5.74, 6) is 0.929. The fraction of sp³-hybridized carbons (Fsp3) is 0.938. The van der Waals surface area contributed by atoms with Crippen molar-refractivity contribution >= 4 is 5.91 Å². The van der Waals surface area contributed by atoms with Crippen LogP contribution in [0.1, 0.15) is 65.2 Å². The molecule has 0 aromatic rings. The summed E-state index contributed by atoms with van der Waals surface area (Å²) in [4.78, 5) is 12.4. The van der Waals surface area contributed by atoms with Gasteiger partial charge >= 0.3 is 0 Å². The second kappa shape index (κ2) is 5.82. The first-order chi connectivity index (χ1) is 9.02. The first kappa shape index (κ1) is 14.8. The van der Waals surface area contributed by atoms with E-state index in [1.54, 1.807) is 0 Å². The maximum absolute atomic E-state index is 12.4. The molecule has 2 rings (SSSR count). The summed E-state index contributed by atoms with van der Waals surface area (Å²) in [6, 6.07) is 0. The zero-order valence-corrected chi connectivity index (χ0v) is 12.6. The average molecular weight is 266 g/mol. The number of hydrogen-bond donors (Lipinski definition) is 2. The number of amides is 1. The van der Waals surface area contributed by atoms with E-state index in [4.69, 9.17) is 5.73 Å². The van der Waals surface area contributed by atoms with Crippen molar-refractivity contribution in [3.63, 3.8) is 0 Å². The zero-order chi connectivity index (χ0) is 13.9. The Hall–Kier alpha value is -0.570. The van der Waals surface area contributed by atoms with Gasteiger partial charge in [0, 0.05) is 13.1 Å². The molecule has 3 N–H and O–H groups in total. The topological polar surface area (TPSA) is 55.1 Å². The van der Waals surface area contributed by atoms with E-state index in [0.717, 1.165) is 25.8 Å². The first-order valence-corrected chi connectivity index (χ1v) is 8.00. The Morgan fingerprint density at radius 1 is 1.16 bits per heavy atom. The zero-order valence-electron chi connectivity index (χ0n) is 12.6. The van der Waals surface area contributed by atoms with Crippen molar-refractivity contribution in [2.45, 2.75) is 65.2 Å². The molecule has 3 heteroatoms. The van der Waals surface area contributed by atoms with E-state index in [9.17, 15) is 4.79 Å². The molecule has 2 aliphatic rings. The molecule has 0 unspecified atom stereocenters. The fourth-order valence-corrected chi connectivity index (χ4v) is 4.03. The molecule has 0 heterocycles. The van der Waals surface area contributed by atoms with Gasteiger partial charge in [0.1, 0.15) is 0 Å². The Labute approximate surface area is 117 Å². The summed E-state index contributed by atoms with van der Waals surface area (Å²) < 4.78 is 0. The Balaban J connectivity index is 1.90. The second-order valence-electron chi connectivity index (χ2n) is 7.33. The van der Waals surface area contributed by atoms with Crippen LogP contribution in [-0.2, 0) is 4.79 Å². The van der Waals surface area contributed by atoms with Crippen LogP contribution in [0.2, 0.25) is 0 Å². The maximum atomic E-state index is 12.4. The maximum Gasteiger partial charge on any atom is 0.227 e. The highest BCUT2D eigenvalue weighted by Crippen LogP contribution is 2.44. The highest BCUT2D eigenvalue weighted by Gasteiger charge is 2.44. The Bertz CT molecular complexity index is 309. The van der Waals surface area contributed by atoms with Gasteiger partial charge in [0.05, 0.1) is 5.41 Å². The number of nitrogens with two attached hydrogens (primary N) is 1. The lowest BCUT2D eigenvalue weighted by Gasteiger charge is -2.40. The molecule has 2 saturated carbocycles. The summed E-state index contributed by atoms with van der Waals surface area (Å²) in [7, 11) is 0. The van der Waals surface area contributed by atoms with Gasteiger partial charge in [-0.3, -0.25) is 4.79 Å². The largest absolute Gasteiger partial charge is 0.355 e. The van der Waals surface area contributed by atoms with E-state index < -0.39 is 0 Å². The van der Waals surface area contributed by atoms with E-state index in [-0.39, 0.29) is 11.3 Å². The molecule has 0 bridgehead atoms. The van der Waals surface area contributed by atoms with Crippen molar-refractivity contribution in [2.75, 3.05) is 13.1 Å². The number of rotatable bonds is 6. The molecular formula is C16H30N2O. The van der Waals surface area contributed by atoms with Crippen LogP contribution in [0, 0.1) is 16.7 Å². The van der Waals surface area contributed by atoms with Crippen LogP contribution in [0.15, 0.2) is 0 Å². The predicted octanol–water partition coefficient (Wildman–Crippen LogP) is 2.84. The molecule has 110 valence electrons. The van der Waals surface area contributed by atoms with Gasteiger partial charge in [-0.2, -0.15) is 0 Å².